The van der Waals surface area contributed by atoms with Crippen LogP contribution < -0.4 is 4.90 Å². The summed E-state index contributed by atoms with van der Waals surface area (Å²) in [5, 5.41) is 0.605. The van der Waals surface area contributed by atoms with E-state index in [4.69, 9.17) is 16.6 Å². The summed E-state index contributed by atoms with van der Waals surface area (Å²) in [6.45, 7) is 1.48. The number of imidazole rings is 1. The van der Waals surface area contributed by atoms with Crippen molar-refractivity contribution in [3.8, 4) is 0 Å². The van der Waals surface area contributed by atoms with Crippen LogP contribution in [-0.2, 0) is 17.8 Å². The van der Waals surface area contributed by atoms with Crippen molar-refractivity contribution in [3.05, 3.63) is 95.3 Å². The highest BCUT2D eigenvalue weighted by atomic mass is 35.5. The van der Waals surface area contributed by atoms with E-state index >= 15 is 0 Å². The number of aromatic nitrogens is 2. The van der Waals surface area contributed by atoms with Gasteiger partial charge in [-0.15, -0.1) is 0 Å². The normalized spacial score (nSPS) is 16.4. The minimum atomic E-state index is 0.0490. The van der Waals surface area contributed by atoms with Gasteiger partial charge in [-0.25, -0.2) is 4.98 Å². The molecular formula is C26H24ClN3O. The van der Waals surface area contributed by atoms with Gasteiger partial charge in [-0.3, -0.25) is 4.79 Å². The Morgan fingerprint density at radius 2 is 1.68 bits per heavy atom. The number of carbonyl (C=O) groups is 1. The van der Waals surface area contributed by atoms with E-state index < -0.39 is 0 Å². The van der Waals surface area contributed by atoms with Crippen molar-refractivity contribution >= 4 is 34.2 Å². The topological polar surface area (TPSA) is 38.1 Å². The van der Waals surface area contributed by atoms with E-state index in [9.17, 15) is 4.79 Å². The number of para-hydroxylation sites is 3. The Bertz CT molecular complexity index is 1220. The third kappa shape index (κ3) is 3.96. The number of benzene rings is 3. The molecule has 4 aromatic rings. The van der Waals surface area contributed by atoms with Crippen molar-refractivity contribution in [1.82, 2.24) is 9.55 Å². The van der Waals surface area contributed by atoms with Crippen molar-refractivity contribution in [2.75, 3.05) is 11.4 Å². The first-order valence-corrected chi connectivity index (χ1v) is 11.1. The third-order valence-corrected chi connectivity index (χ3v) is 6.33. The molecule has 5 rings (SSSR count). The number of rotatable bonds is 6. The fraction of sp³-hybridized carbons (Fsp3) is 0.231. The van der Waals surface area contributed by atoms with E-state index in [2.05, 4.69) is 47.0 Å². The molecule has 1 aliphatic heterocycles. The molecule has 3 aromatic carbocycles. The van der Waals surface area contributed by atoms with Crippen LogP contribution in [0.4, 0.5) is 5.69 Å². The van der Waals surface area contributed by atoms with Crippen LogP contribution in [0.1, 0.15) is 30.1 Å². The summed E-state index contributed by atoms with van der Waals surface area (Å²) in [4.78, 5) is 19.6. The molecule has 0 N–H and O–H groups in total. The number of nitrogens with zero attached hydrogens (tertiary/aromatic N) is 3. The summed E-state index contributed by atoms with van der Waals surface area (Å²) in [5.74, 6) is 1.14. The molecule has 1 atom stereocenters. The van der Waals surface area contributed by atoms with E-state index in [0.29, 0.717) is 18.0 Å². The summed E-state index contributed by atoms with van der Waals surface area (Å²) < 4.78 is 2.31. The number of carbonyl (C=O) groups excluding carboxylic acids is 1. The van der Waals surface area contributed by atoms with E-state index in [-0.39, 0.29) is 11.8 Å². The van der Waals surface area contributed by atoms with Gasteiger partial charge >= 0.3 is 0 Å². The number of amides is 1. The van der Waals surface area contributed by atoms with Gasteiger partial charge in [0.05, 0.1) is 21.7 Å². The van der Waals surface area contributed by atoms with Gasteiger partial charge in [0.2, 0.25) is 5.91 Å². The van der Waals surface area contributed by atoms with Gasteiger partial charge < -0.3 is 9.47 Å². The minimum absolute atomic E-state index is 0.0490. The molecule has 1 aliphatic rings. The molecule has 1 aromatic heterocycles. The van der Waals surface area contributed by atoms with Gasteiger partial charge in [0, 0.05) is 25.4 Å². The second-order valence-corrected chi connectivity index (χ2v) is 8.46. The van der Waals surface area contributed by atoms with Crippen LogP contribution in [-0.4, -0.2) is 22.0 Å². The summed E-state index contributed by atoms with van der Waals surface area (Å²) in [6, 6.07) is 26.3. The second-order valence-electron chi connectivity index (χ2n) is 8.06. The largest absolute Gasteiger partial charge is 0.328 e. The summed E-state index contributed by atoms with van der Waals surface area (Å²) in [5.41, 5.74) is 4.24. The molecule has 1 unspecified atom stereocenters. The molecular weight excluding hydrogens is 406 g/mol. The standard InChI is InChI=1S/C26H24ClN3O/c27-21-12-4-6-14-23(21)30-18-20(17-25(30)31)26-28-22-13-5-7-15-24(22)29(26)16-8-11-19-9-2-1-3-10-19/h1-7,9-10,12-15,20H,8,11,16-18H2. The fourth-order valence-electron chi connectivity index (χ4n) is 4.51. The maximum Gasteiger partial charge on any atom is 0.227 e. The summed E-state index contributed by atoms with van der Waals surface area (Å²) in [6.07, 6.45) is 2.49. The Labute approximate surface area is 187 Å². The fourth-order valence-corrected chi connectivity index (χ4v) is 4.75. The van der Waals surface area contributed by atoms with Crippen LogP contribution in [0, 0.1) is 0 Å². The first kappa shape index (κ1) is 19.8. The smallest absolute Gasteiger partial charge is 0.227 e. The Kier molecular flexibility index (Phi) is 5.47. The van der Waals surface area contributed by atoms with E-state index in [0.717, 1.165) is 41.9 Å². The SMILES string of the molecule is O=C1CC(c2nc3ccccc3n2CCCc2ccccc2)CN1c1ccccc1Cl. The lowest BCUT2D eigenvalue weighted by Gasteiger charge is -2.18. The monoisotopic (exact) mass is 429 g/mol. The highest BCUT2D eigenvalue weighted by Gasteiger charge is 2.35. The van der Waals surface area contributed by atoms with Crippen LogP contribution >= 0.6 is 11.6 Å². The van der Waals surface area contributed by atoms with Crippen LogP contribution in [0.3, 0.4) is 0 Å². The zero-order chi connectivity index (χ0) is 21.2. The highest BCUT2D eigenvalue weighted by molar-refractivity contribution is 6.33. The average molecular weight is 430 g/mol. The summed E-state index contributed by atoms with van der Waals surface area (Å²) >= 11 is 6.37. The van der Waals surface area contributed by atoms with Gasteiger partial charge in [0.15, 0.2) is 0 Å². The number of aryl methyl sites for hydroxylation is 2. The molecule has 1 fully saturated rings. The van der Waals surface area contributed by atoms with Gasteiger partial charge in [-0.2, -0.15) is 0 Å². The van der Waals surface area contributed by atoms with Crippen molar-refractivity contribution in [2.24, 2.45) is 0 Å². The van der Waals surface area contributed by atoms with Crippen molar-refractivity contribution in [1.29, 1.82) is 0 Å². The van der Waals surface area contributed by atoms with E-state index in [1.54, 1.807) is 4.90 Å². The van der Waals surface area contributed by atoms with Gasteiger partial charge in [0.1, 0.15) is 5.82 Å². The Hall–Kier alpha value is -3.11. The van der Waals surface area contributed by atoms with Crippen LogP contribution in [0.15, 0.2) is 78.9 Å². The van der Waals surface area contributed by atoms with Crippen molar-refractivity contribution in [3.63, 3.8) is 0 Å². The Morgan fingerprint density at radius 1 is 0.935 bits per heavy atom. The second kappa shape index (κ2) is 8.56. The number of hydrogen-bond donors (Lipinski definition) is 0. The van der Waals surface area contributed by atoms with Gasteiger partial charge in [-0.1, -0.05) is 66.2 Å². The molecule has 156 valence electrons. The quantitative estimate of drug-likeness (QED) is 0.386. The lowest BCUT2D eigenvalue weighted by Crippen LogP contribution is -2.24. The van der Waals surface area contributed by atoms with Gasteiger partial charge in [-0.05, 0) is 42.7 Å². The lowest BCUT2D eigenvalue weighted by atomic mass is 10.1. The summed E-state index contributed by atoms with van der Waals surface area (Å²) in [7, 11) is 0. The molecule has 1 saturated heterocycles. The molecule has 31 heavy (non-hydrogen) atoms. The molecule has 0 bridgehead atoms. The van der Waals surface area contributed by atoms with Gasteiger partial charge in [0.25, 0.3) is 0 Å². The van der Waals surface area contributed by atoms with E-state index in [1.807, 2.05) is 36.4 Å². The highest BCUT2D eigenvalue weighted by Crippen LogP contribution is 2.36. The number of fused-ring (bicyclic) bond motifs is 1. The Morgan fingerprint density at radius 3 is 2.52 bits per heavy atom. The van der Waals surface area contributed by atoms with Crippen molar-refractivity contribution < 1.29 is 4.79 Å². The maximum absolute atomic E-state index is 12.9. The van der Waals surface area contributed by atoms with E-state index in [1.165, 1.54) is 5.56 Å². The molecule has 5 heteroatoms. The molecule has 0 radical (unpaired) electrons. The zero-order valence-corrected chi connectivity index (χ0v) is 18.0. The number of anilines is 1. The Balaban J connectivity index is 1.42. The third-order valence-electron chi connectivity index (χ3n) is 6.01. The minimum Gasteiger partial charge on any atom is -0.328 e. The average Bonchev–Trinajstić information content (AvgIpc) is 3.35. The first-order chi connectivity index (χ1) is 15.2. The van der Waals surface area contributed by atoms with Crippen molar-refractivity contribution in [2.45, 2.75) is 31.7 Å². The first-order valence-electron chi connectivity index (χ1n) is 10.7. The molecule has 0 aliphatic carbocycles. The lowest BCUT2D eigenvalue weighted by molar-refractivity contribution is -0.117. The van der Waals surface area contributed by atoms with Crippen LogP contribution in [0.5, 0.6) is 0 Å². The molecule has 4 nitrogen and oxygen atoms in total. The molecule has 0 spiro atoms. The van der Waals surface area contributed by atoms with Crippen LogP contribution in [0.25, 0.3) is 11.0 Å². The molecule has 2 heterocycles. The predicted molar refractivity (Wildman–Crippen MR) is 126 cm³/mol. The molecule has 1 amide bonds. The predicted octanol–water partition coefficient (Wildman–Crippen LogP) is 5.84. The maximum atomic E-state index is 12.9. The zero-order valence-electron chi connectivity index (χ0n) is 17.2. The number of halogens is 1. The number of hydrogen-bond acceptors (Lipinski definition) is 2. The molecule has 0 saturated carbocycles. The van der Waals surface area contributed by atoms with Crippen LogP contribution in [0.2, 0.25) is 5.02 Å².